The quantitative estimate of drug-likeness (QED) is 0.750. The number of carbonyl (C=O) groups excluding carboxylic acids is 2. The Kier molecular flexibility index (Phi) is 6.90. The number of likely N-dealkylation sites (N-methyl/N-ethyl adjacent to an activating group) is 1. The van der Waals surface area contributed by atoms with Crippen molar-refractivity contribution in [2.45, 2.75) is 26.4 Å². The van der Waals surface area contributed by atoms with E-state index in [1.165, 1.54) is 5.69 Å². The highest BCUT2D eigenvalue weighted by molar-refractivity contribution is 6.14. The Balaban J connectivity index is 1.64. The summed E-state index contributed by atoms with van der Waals surface area (Å²) in [5, 5.41) is 2.59. The number of fused-ring (bicyclic) bond motifs is 1. The van der Waals surface area contributed by atoms with Gasteiger partial charge >= 0.3 is 5.97 Å². The smallest absolute Gasteiger partial charge is 0.325 e. The first-order valence-corrected chi connectivity index (χ1v) is 10.4. The molecule has 0 saturated carbocycles. The second-order valence-corrected chi connectivity index (χ2v) is 8.43. The number of benzodiazepines with no additional fused rings is 1. The number of esters is 1. The number of hydrogen-bond acceptors (Lipinski definition) is 5. The monoisotopic (exact) mass is 419 g/mol. The van der Waals surface area contributed by atoms with Gasteiger partial charge in [0.1, 0.15) is 12.1 Å². The summed E-state index contributed by atoms with van der Waals surface area (Å²) < 4.78 is 5.20. The molecule has 6 heteroatoms. The number of benzene rings is 2. The second-order valence-electron chi connectivity index (χ2n) is 8.43. The Morgan fingerprint density at radius 1 is 1.10 bits per heavy atom. The van der Waals surface area contributed by atoms with Crippen LogP contribution in [0.1, 0.15) is 42.3 Å². The Hall–Kier alpha value is -3.41. The summed E-state index contributed by atoms with van der Waals surface area (Å²) in [6, 6.07) is 15.5. The molecule has 0 radical (unpaired) electrons. The molecular formula is C25H29N3O3. The van der Waals surface area contributed by atoms with Gasteiger partial charge in [0, 0.05) is 30.4 Å². The molecule has 2 aromatic rings. The van der Waals surface area contributed by atoms with E-state index in [-0.39, 0.29) is 12.5 Å². The molecule has 0 aliphatic carbocycles. The van der Waals surface area contributed by atoms with Crippen LogP contribution < -0.4 is 10.2 Å². The minimum Gasteiger partial charge on any atom is -0.459 e. The van der Waals surface area contributed by atoms with Crippen molar-refractivity contribution in [1.82, 2.24) is 5.32 Å². The number of amides is 1. The molecule has 0 unspecified atom stereocenters. The van der Waals surface area contributed by atoms with Crippen LogP contribution in [0.25, 0.3) is 6.08 Å². The van der Waals surface area contributed by atoms with Crippen molar-refractivity contribution in [3.05, 3.63) is 71.3 Å². The SMILES string of the molecule is CN1CCN=C(/C=C/c2ccc(C(=O)NCC(=O)OC(C)(C)C)cc2)c2ccccc21. The fourth-order valence-corrected chi connectivity index (χ4v) is 3.24. The van der Waals surface area contributed by atoms with Crippen LogP contribution in [0.4, 0.5) is 5.69 Å². The first-order valence-electron chi connectivity index (χ1n) is 10.4. The molecule has 1 N–H and O–H groups in total. The van der Waals surface area contributed by atoms with Gasteiger partial charge in [-0.05, 0) is 50.6 Å². The lowest BCUT2D eigenvalue weighted by Gasteiger charge is -2.19. The molecule has 6 nitrogen and oxygen atoms in total. The third-order valence-corrected chi connectivity index (χ3v) is 4.73. The summed E-state index contributed by atoms with van der Waals surface area (Å²) in [5.41, 5.74) is 4.09. The molecule has 0 spiro atoms. The van der Waals surface area contributed by atoms with E-state index < -0.39 is 11.6 Å². The van der Waals surface area contributed by atoms with Crippen LogP contribution in [-0.2, 0) is 9.53 Å². The number of para-hydroxylation sites is 1. The molecule has 0 atom stereocenters. The van der Waals surface area contributed by atoms with Gasteiger partial charge in [-0.15, -0.1) is 0 Å². The number of allylic oxidation sites excluding steroid dienone is 1. The molecule has 0 saturated heterocycles. The van der Waals surface area contributed by atoms with Crippen LogP contribution in [-0.4, -0.2) is 49.9 Å². The van der Waals surface area contributed by atoms with Gasteiger partial charge in [0.05, 0.1) is 12.3 Å². The van der Waals surface area contributed by atoms with Crippen molar-refractivity contribution in [3.8, 4) is 0 Å². The molecule has 0 bridgehead atoms. The maximum Gasteiger partial charge on any atom is 0.325 e. The molecule has 1 heterocycles. The van der Waals surface area contributed by atoms with E-state index in [0.717, 1.165) is 29.9 Å². The third-order valence-electron chi connectivity index (χ3n) is 4.73. The molecule has 31 heavy (non-hydrogen) atoms. The number of hydrogen-bond donors (Lipinski definition) is 1. The largest absolute Gasteiger partial charge is 0.459 e. The third kappa shape index (κ3) is 6.28. The Morgan fingerprint density at radius 3 is 2.52 bits per heavy atom. The molecule has 1 amide bonds. The predicted molar refractivity (Wildman–Crippen MR) is 125 cm³/mol. The van der Waals surface area contributed by atoms with Gasteiger partial charge in [0.15, 0.2) is 0 Å². The van der Waals surface area contributed by atoms with E-state index in [2.05, 4.69) is 29.4 Å². The average molecular weight is 420 g/mol. The van der Waals surface area contributed by atoms with Gasteiger partial charge in [-0.25, -0.2) is 0 Å². The molecule has 162 valence electrons. The first kappa shape index (κ1) is 22.3. The number of nitrogens with one attached hydrogen (secondary N) is 1. The van der Waals surface area contributed by atoms with Crippen LogP contribution >= 0.6 is 0 Å². The lowest BCUT2D eigenvalue weighted by Crippen LogP contribution is -2.34. The normalized spacial score (nSPS) is 13.9. The number of rotatable bonds is 5. The predicted octanol–water partition coefficient (Wildman–Crippen LogP) is 3.71. The summed E-state index contributed by atoms with van der Waals surface area (Å²) in [5.74, 6) is -0.776. The minimum atomic E-state index is -0.576. The Bertz CT molecular complexity index is 1000. The van der Waals surface area contributed by atoms with E-state index >= 15 is 0 Å². The van der Waals surface area contributed by atoms with Crippen molar-refractivity contribution in [2.75, 3.05) is 31.6 Å². The zero-order valence-corrected chi connectivity index (χ0v) is 18.5. The van der Waals surface area contributed by atoms with Crippen LogP contribution in [0.2, 0.25) is 0 Å². The number of nitrogens with zero attached hydrogens (tertiary/aromatic N) is 2. The number of aliphatic imine (C=N–C) groups is 1. The van der Waals surface area contributed by atoms with Crippen LogP contribution in [0.5, 0.6) is 0 Å². The Labute approximate surface area is 183 Å². The second kappa shape index (κ2) is 9.60. The van der Waals surface area contributed by atoms with Crippen molar-refractivity contribution in [2.24, 2.45) is 4.99 Å². The van der Waals surface area contributed by atoms with Crippen molar-refractivity contribution < 1.29 is 14.3 Å². The standard InChI is InChI=1S/C25H29N3O3/c1-25(2,3)31-23(29)17-27-24(30)19-12-9-18(10-13-19)11-14-21-20-7-5-6-8-22(20)28(4)16-15-26-21/h5-14H,15-17H2,1-4H3,(H,27,30)/b14-11+. The topological polar surface area (TPSA) is 71.0 Å². The Morgan fingerprint density at radius 2 is 1.81 bits per heavy atom. The minimum absolute atomic E-state index is 0.161. The van der Waals surface area contributed by atoms with Gasteiger partial charge in [0.2, 0.25) is 0 Å². The zero-order chi connectivity index (χ0) is 22.4. The molecule has 2 aromatic carbocycles. The van der Waals surface area contributed by atoms with E-state index in [0.29, 0.717) is 5.56 Å². The fourth-order valence-electron chi connectivity index (χ4n) is 3.24. The highest BCUT2D eigenvalue weighted by Gasteiger charge is 2.17. The number of ether oxygens (including phenoxy) is 1. The maximum absolute atomic E-state index is 12.3. The number of anilines is 1. The number of carbonyl (C=O) groups is 2. The summed E-state index contributed by atoms with van der Waals surface area (Å²) in [6.07, 6.45) is 4.00. The maximum atomic E-state index is 12.3. The molecule has 1 aliphatic heterocycles. The molecule has 0 fully saturated rings. The van der Waals surface area contributed by atoms with Gasteiger partial charge in [0.25, 0.3) is 5.91 Å². The lowest BCUT2D eigenvalue weighted by molar-refractivity contribution is -0.153. The highest BCUT2D eigenvalue weighted by atomic mass is 16.6. The van der Waals surface area contributed by atoms with Crippen LogP contribution in [0.15, 0.2) is 59.6 Å². The highest BCUT2D eigenvalue weighted by Crippen LogP contribution is 2.23. The van der Waals surface area contributed by atoms with E-state index in [1.807, 2.05) is 36.4 Å². The van der Waals surface area contributed by atoms with Crippen LogP contribution in [0, 0.1) is 0 Å². The molecular weight excluding hydrogens is 390 g/mol. The van der Waals surface area contributed by atoms with Gasteiger partial charge in [-0.1, -0.05) is 36.4 Å². The average Bonchev–Trinajstić information content (AvgIpc) is 2.89. The van der Waals surface area contributed by atoms with Gasteiger partial charge in [-0.3, -0.25) is 14.6 Å². The molecule has 0 aromatic heterocycles. The van der Waals surface area contributed by atoms with Crippen molar-refractivity contribution >= 4 is 29.4 Å². The van der Waals surface area contributed by atoms with Crippen LogP contribution in [0.3, 0.4) is 0 Å². The molecule has 1 aliphatic rings. The summed E-state index contributed by atoms with van der Waals surface area (Å²) in [7, 11) is 2.08. The van der Waals surface area contributed by atoms with E-state index in [4.69, 9.17) is 9.73 Å². The molecule has 3 rings (SSSR count). The zero-order valence-electron chi connectivity index (χ0n) is 18.5. The lowest BCUT2D eigenvalue weighted by atomic mass is 10.0. The summed E-state index contributed by atoms with van der Waals surface area (Å²) in [4.78, 5) is 31.0. The van der Waals surface area contributed by atoms with E-state index in [9.17, 15) is 9.59 Å². The summed E-state index contributed by atoms with van der Waals surface area (Å²) in [6.45, 7) is 6.82. The fraction of sp³-hybridized carbons (Fsp3) is 0.320. The van der Waals surface area contributed by atoms with Crippen molar-refractivity contribution in [3.63, 3.8) is 0 Å². The first-order chi connectivity index (χ1) is 14.7. The van der Waals surface area contributed by atoms with Gasteiger partial charge in [-0.2, -0.15) is 0 Å². The van der Waals surface area contributed by atoms with Crippen molar-refractivity contribution in [1.29, 1.82) is 0 Å². The van der Waals surface area contributed by atoms with Gasteiger partial charge < -0.3 is 15.0 Å². The van der Waals surface area contributed by atoms with E-state index in [1.54, 1.807) is 32.9 Å². The summed E-state index contributed by atoms with van der Waals surface area (Å²) >= 11 is 0.